The molecule has 0 aliphatic rings. The first-order valence-corrected chi connectivity index (χ1v) is 10.5. The number of anilines is 2. The molecule has 0 aliphatic heterocycles. The molecule has 0 bridgehead atoms. The minimum Gasteiger partial charge on any atom is -0.467 e. The Bertz CT molecular complexity index is 1250. The van der Waals surface area contributed by atoms with Gasteiger partial charge in [0.15, 0.2) is 0 Å². The molecule has 0 spiro atoms. The lowest BCUT2D eigenvalue weighted by Crippen LogP contribution is -2.28. The van der Waals surface area contributed by atoms with Crippen LogP contribution in [0.15, 0.2) is 75.8 Å². The Morgan fingerprint density at radius 3 is 2.47 bits per heavy atom. The lowest BCUT2D eigenvalue weighted by molar-refractivity contribution is 0.0948. The van der Waals surface area contributed by atoms with Gasteiger partial charge in [-0.3, -0.25) is 4.79 Å². The number of furan rings is 1. The normalized spacial score (nSPS) is 10.5. The zero-order chi connectivity index (χ0) is 23.9. The van der Waals surface area contributed by atoms with Crippen LogP contribution in [0.25, 0.3) is 11.5 Å². The zero-order valence-corrected chi connectivity index (χ0v) is 18.7. The molecule has 174 valence electrons. The van der Waals surface area contributed by atoms with Crippen molar-refractivity contribution in [2.75, 3.05) is 24.3 Å². The molecule has 2 heterocycles. The van der Waals surface area contributed by atoms with Gasteiger partial charge in [0, 0.05) is 37.5 Å². The highest BCUT2D eigenvalue weighted by Crippen LogP contribution is 2.22. The maximum absolute atomic E-state index is 12.4. The van der Waals surface area contributed by atoms with Crippen molar-refractivity contribution in [1.82, 2.24) is 20.8 Å². The maximum atomic E-state index is 12.4. The first kappa shape index (κ1) is 22.6. The van der Waals surface area contributed by atoms with Gasteiger partial charge in [0.25, 0.3) is 5.91 Å². The van der Waals surface area contributed by atoms with Crippen LogP contribution in [0.2, 0.25) is 0 Å². The van der Waals surface area contributed by atoms with Gasteiger partial charge in [-0.15, -0.1) is 5.10 Å². The van der Waals surface area contributed by atoms with Crippen molar-refractivity contribution in [3.05, 3.63) is 83.8 Å². The van der Waals surface area contributed by atoms with Crippen molar-refractivity contribution in [2.24, 2.45) is 0 Å². The van der Waals surface area contributed by atoms with Gasteiger partial charge in [0.05, 0.1) is 12.8 Å². The van der Waals surface area contributed by atoms with E-state index in [1.54, 1.807) is 65.8 Å². The number of carbonyl (C=O) groups excluding carboxylic acids is 2. The Hall–Kier alpha value is -4.60. The summed E-state index contributed by atoms with van der Waals surface area (Å²) >= 11 is 0. The lowest BCUT2D eigenvalue weighted by atomic mass is 10.1. The van der Waals surface area contributed by atoms with Crippen LogP contribution >= 0.6 is 0 Å². The summed E-state index contributed by atoms with van der Waals surface area (Å²) in [6.07, 6.45) is 1.56. The van der Waals surface area contributed by atoms with E-state index in [4.69, 9.17) is 8.83 Å². The zero-order valence-electron chi connectivity index (χ0n) is 18.7. The van der Waals surface area contributed by atoms with E-state index in [1.165, 1.54) is 0 Å². The number of hydrogen-bond acceptors (Lipinski definition) is 7. The molecule has 4 rings (SSSR count). The molecule has 10 nitrogen and oxygen atoms in total. The summed E-state index contributed by atoms with van der Waals surface area (Å²) in [5.41, 5.74) is 2.65. The number of urea groups is 1. The Morgan fingerprint density at radius 2 is 1.76 bits per heavy atom. The highest BCUT2D eigenvalue weighted by atomic mass is 16.4. The molecular formula is C24H24N6O4. The molecule has 4 aromatic rings. The van der Waals surface area contributed by atoms with Gasteiger partial charge < -0.3 is 29.7 Å². The molecule has 3 amide bonds. The van der Waals surface area contributed by atoms with Gasteiger partial charge in [-0.1, -0.05) is 17.2 Å². The highest BCUT2D eigenvalue weighted by molar-refractivity contribution is 5.94. The highest BCUT2D eigenvalue weighted by Gasteiger charge is 2.11. The van der Waals surface area contributed by atoms with Gasteiger partial charge in [-0.25, -0.2) is 4.79 Å². The van der Waals surface area contributed by atoms with Crippen LogP contribution in [0.1, 0.15) is 21.7 Å². The van der Waals surface area contributed by atoms with Crippen molar-refractivity contribution < 1.29 is 18.4 Å². The summed E-state index contributed by atoms with van der Waals surface area (Å²) in [4.78, 5) is 26.4. The first-order valence-electron chi connectivity index (χ1n) is 10.5. The monoisotopic (exact) mass is 460 g/mol. The molecule has 0 aliphatic carbocycles. The number of benzene rings is 2. The molecule has 0 saturated carbocycles. The van der Waals surface area contributed by atoms with Crippen LogP contribution in [-0.2, 0) is 13.1 Å². The van der Waals surface area contributed by atoms with Gasteiger partial charge in [-0.2, -0.15) is 0 Å². The molecule has 10 heteroatoms. The SMILES string of the molecule is CN(C)c1nnc(-c2ccc(NC(=O)NCc3cccc(C(=O)NCc4ccco4)c3)cc2)o1. The molecule has 0 unspecified atom stereocenters. The largest absolute Gasteiger partial charge is 0.467 e. The van der Waals surface area contributed by atoms with Crippen LogP contribution < -0.4 is 20.9 Å². The van der Waals surface area contributed by atoms with Gasteiger partial charge in [-0.05, 0) is 54.1 Å². The summed E-state index contributed by atoms with van der Waals surface area (Å²) in [5.74, 6) is 0.848. The molecule has 34 heavy (non-hydrogen) atoms. The minimum atomic E-state index is -0.367. The predicted octanol–water partition coefficient (Wildman–Crippen LogP) is 3.65. The fraction of sp³-hybridized carbons (Fsp3) is 0.167. The van der Waals surface area contributed by atoms with E-state index in [2.05, 4.69) is 26.1 Å². The van der Waals surface area contributed by atoms with E-state index >= 15 is 0 Å². The van der Waals surface area contributed by atoms with Crippen LogP contribution in [-0.4, -0.2) is 36.2 Å². The summed E-state index contributed by atoms with van der Waals surface area (Å²) in [5, 5.41) is 16.3. The quantitative estimate of drug-likeness (QED) is 0.366. The van der Waals surface area contributed by atoms with Crippen LogP contribution in [0, 0.1) is 0 Å². The Balaban J connectivity index is 1.28. The second-order valence-electron chi connectivity index (χ2n) is 7.63. The number of amides is 3. The number of aromatic nitrogens is 2. The minimum absolute atomic E-state index is 0.221. The van der Waals surface area contributed by atoms with Crippen molar-refractivity contribution in [3.8, 4) is 11.5 Å². The molecule has 0 radical (unpaired) electrons. The smallest absolute Gasteiger partial charge is 0.319 e. The molecule has 3 N–H and O–H groups in total. The molecule has 0 atom stereocenters. The van der Waals surface area contributed by atoms with E-state index in [0.29, 0.717) is 35.5 Å². The lowest BCUT2D eigenvalue weighted by Gasteiger charge is -2.09. The third-order valence-electron chi connectivity index (χ3n) is 4.83. The Kier molecular flexibility index (Phi) is 6.87. The fourth-order valence-corrected chi connectivity index (χ4v) is 3.07. The van der Waals surface area contributed by atoms with Crippen LogP contribution in [0.3, 0.4) is 0 Å². The number of hydrogen-bond donors (Lipinski definition) is 3. The third-order valence-corrected chi connectivity index (χ3v) is 4.83. The molecule has 2 aromatic carbocycles. The standard InChI is InChI=1S/C24H24N6O4/c1-30(2)24-29-28-22(34-24)17-8-10-19(11-9-17)27-23(32)26-14-16-5-3-6-18(13-16)21(31)25-15-20-7-4-12-33-20/h3-13H,14-15H2,1-2H3,(H,25,31)(H2,26,27,32). The van der Waals surface area contributed by atoms with Gasteiger partial charge in [0.2, 0.25) is 5.89 Å². The number of nitrogens with one attached hydrogen (secondary N) is 3. The van der Waals surface area contributed by atoms with Gasteiger partial charge in [0.1, 0.15) is 5.76 Å². The topological polar surface area (TPSA) is 126 Å². The summed E-state index contributed by atoms with van der Waals surface area (Å²) in [7, 11) is 3.63. The Morgan fingerprint density at radius 1 is 0.941 bits per heavy atom. The van der Waals surface area contributed by atoms with Crippen molar-refractivity contribution in [3.63, 3.8) is 0 Å². The average molecular weight is 460 g/mol. The third kappa shape index (κ3) is 5.80. The van der Waals surface area contributed by atoms with Crippen molar-refractivity contribution >= 4 is 23.6 Å². The van der Waals surface area contributed by atoms with Crippen molar-refractivity contribution in [1.29, 1.82) is 0 Å². The fourth-order valence-electron chi connectivity index (χ4n) is 3.07. The van der Waals surface area contributed by atoms with E-state index in [-0.39, 0.29) is 18.5 Å². The van der Waals surface area contributed by atoms with E-state index < -0.39 is 0 Å². The molecule has 2 aromatic heterocycles. The van der Waals surface area contributed by atoms with Gasteiger partial charge >= 0.3 is 12.0 Å². The summed E-state index contributed by atoms with van der Waals surface area (Å²) in [6, 6.07) is 17.7. The van der Waals surface area contributed by atoms with Crippen LogP contribution in [0.4, 0.5) is 16.5 Å². The Labute approximate surface area is 196 Å². The number of rotatable bonds is 8. The average Bonchev–Trinajstić information content (AvgIpc) is 3.54. The molecule has 0 saturated heterocycles. The predicted molar refractivity (Wildman–Crippen MR) is 126 cm³/mol. The first-order chi connectivity index (χ1) is 16.5. The van der Waals surface area contributed by atoms with Crippen molar-refractivity contribution in [2.45, 2.75) is 13.1 Å². The molecular weight excluding hydrogens is 436 g/mol. The molecule has 0 fully saturated rings. The number of nitrogens with zero attached hydrogens (tertiary/aromatic N) is 3. The summed E-state index contributed by atoms with van der Waals surface area (Å²) in [6.45, 7) is 0.567. The van der Waals surface area contributed by atoms with Crippen LogP contribution in [0.5, 0.6) is 0 Å². The van der Waals surface area contributed by atoms with E-state index in [9.17, 15) is 9.59 Å². The van der Waals surface area contributed by atoms with E-state index in [1.807, 2.05) is 20.2 Å². The number of carbonyl (C=O) groups is 2. The second-order valence-corrected chi connectivity index (χ2v) is 7.63. The second kappa shape index (κ2) is 10.3. The summed E-state index contributed by atoms with van der Waals surface area (Å²) < 4.78 is 10.8. The maximum Gasteiger partial charge on any atom is 0.319 e. The van der Waals surface area contributed by atoms with E-state index in [0.717, 1.165) is 11.1 Å².